The minimum Gasteiger partial charge on any atom is -0.497 e. The molecule has 0 saturated heterocycles. The van der Waals surface area contributed by atoms with Crippen LogP contribution in [0.5, 0.6) is 5.75 Å². The van der Waals surface area contributed by atoms with Gasteiger partial charge in [0.1, 0.15) is 5.75 Å². The molecule has 0 aliphatic carbocycles. The van der Waals surface area contributed by atoms with Gasteiger partial charge in [-0.15, -0.1) is 11.3 Å². The number of hydrogen-bond donors (Lipinski definition) is 1. The average Bonchev–Trinajstić information content (AvgIpc) is 2.86. The molecule has 1 atom stereocenters. The van der Waals surface area contributed by atoms with E-state index in [2.05, 4.69) is 30.4 Å². The number of thiophene rings is 1. The zero-order valence-electron chi connectivity index (χ0n) is 12.1. The first-order valence-corrected chi connectivity index (χ1v) is 8.03. The van der Waals surface area contributed by atoms with Crippen molar-refractivity contribution in [3.63, 3.8) is 0 Å². The van der Waals surface area contributed by atoms with E-state index in [9.17, 15) is 0 Å². The molecule has 2 nitrogen and oxygen atoms in total. The van der Waals surface area contributed by atoms with Crippen molar-refractivity contribution in [2.45, 2.75) is 32.2 Å². The summed E-state index contributed by atoms with van der Waals surface area (Å²) in [5.74, 6) is 0.931. The SMILES string of the molecule is COc1ccc(CCC2NCCc3sc(C)cc32)cc1. The molecular weight excluding hydrogens is 266 g/mol. The third kappa shape index (κ3) is 2.89. The predicted molar refractivity (Wildman–Crippen MR) is 84.8 cm³/mol. The first-order valence-electron chi connectivity index (χ1n) is 7.22. The highest BCUT2D eigenvalue weighted by Crippen LogP contribution is 2.32. The lowest BCUT2D eigenvalue weighted by molar-refractivity contribution is 0.414. The molecule has 3 heteroatoms. The Labute approximate surface area is 124 Å². The summed E-state index contributed by atoms with van der Waals surface area (Å²) in [5.41, 5.74) is 2.92. The van der Waals surface area contributed by atoms with Gasteiger partial charge in [-0.2, -0.15) is 0 Å². The van der Waals surface area contributed by atoms with Crippen molar-refractivity contribution < 1.29 is 4.74 Å². The second kappa shape index (κ2) is 5.98. The van der Waals surface area contributed by atoms with Gasteiger partial charge < -0.3 is 10.1 Å². The van der Waals surface area contributed by atoms with Crippen LogP contribution in [0.15, 0.2) is 30.3 Å². The molecule has 106 valence electrons. The first kappa shape index (κ1) is 13.7. The summed E-state index contributed by atoms with van der Waals surface area (Å²) >= 11 is 1.96. The lowest BCUT2D eigenvalue weighted by Crippen LogP contribution is -2.29. The van der Waals surface area contributed by atoms with Crippen molar-refractivity contribution in [2.75, 3.05) is 13.7 Å². The second-order valence-electron chi connectivity index (χ2n) is 5.38. The maximum absolute atomic E-state index is 5.20. The predicted octanol–water partition coefficient (Wildman–Crippen LogP) is 3.88. The molecule has 0 amide bonds. The van der Waals surface area contributed by atoms with Crippen LogP contribution < -0.4 is 10.1 Å². The van der Waals surface area contributed by atoms with Crippen molar-refractivity contribution in [1.82, 2.24) is 5.32 Å². The van der Waals surface area contributed by atoms with Gasteiger partial charge in [0.15, 0.2) is 0 Å². The van der Waals surface area contributed by atoms with E-state index in [1.54, 1.807) is 12.0 Å². The summed E-state index contributed by atoms with van der Waals surface area (Å²) in [7, 11) is 1.71. The van der Waals surface area contributed by atoms with E-state index in [1.807, 2.05) is 23.5 Å². The lowest BCUT2D eigenvalue weighted by Gasteiger charge is -2.24. The van der Waals surface area contributed by atoms with E-state index in [0.717, 1.165) is 25.1 Å². The summed E-state index contributed by atoms with van der Waals surface area (Å²) in [4.78, 5) is 3.02. The van der Waals surface area contributed by atoms with Gasteiger partial charge in [0.05, 0.1) is 7.11 Å². The molecule has 1 N–H and O–H groups in total. The van der Waals surface area contributed by atoms with Crippen LogP contribution >= 0.6 is 11.3 Å². The number of nitrogens with one attached hydrogen (secondary N) is 1. The largest absolute Gasteiger partial charge is 0.497 e. The fourth-order valence-corrected chi connectivity index (χ4v) is 4.00. The molecule has 1 aromatic carbocycles. The molecule has 2 heterocycles. The maximum Gasteiger partial charge on any atom is 0.118 e. The Kier molecular flexibility index (Phi) is 4.08. The molecule has 0 spiro atoms. The maximum atomic E-state index is 5.20. The first-order chi connectivity index (χ1) is 9.76. The van der Waals surface area contributed by atoms with Crippen LogP contribution in [0.25, 0.3) is 0 Å². The normalized spacial score (nSPS) is 17.8. The Morgan fingerprint density at radius 3 is 2.85 bits per heavy atom. The van der Waals surface area contributed by atoms with Crippen LogP contribution in [-0.4, -0.2) is 13.7 Å². The molecule has 0 bridgehead atoms. The topological polar surface area (TPSA) is 21.3 Å². The van der Waals surface area contributed by atoms with Gasteiger partial charge in [0.25, 0.3) is 0 Å². The highest BCUT2D eigenvalue weighted by molar-refractivity contribution is 7.12. The summed E-state index contributed by atoms with van der Waals surface area (Å²) in [6.07, 6.45) is 3.46. The lowest BCUT2D eigenvalue weighted by atomic mass is 9.96. The summed E-state index contributed by atoms with van der Waals surface area (Å²) in [6.45, 7) is 3.32. The van der Waals surface area contributed by atoms with E-state index < -0.39 is 0 Å². The number of methoxy groups -OCH3 is 1. The molecule has 0 radical (unpaired) electrons. The highest BCUT2D eigenvalue weighted by Gasteiger charge is 2.21. The molecule has 1 aliphatic heterocycles. The monoisotopic (exact) mass is 287 g/mol. The van der Waals surface area contributed by atoms with Gasteiger partial charge in [-0.1, -0.05) is 12.1 Å². The van der Waals surface area contributed by atoms with Crippen molar-refractivity contribution in [3.8, 4) is 5.75 Å². The van der Waals surface area contributed by atoms with E-state index >= 15 is 0 Å². The summed E-state index contributed by atoms with van der Waals surface area (Å²) in [6, 6.07) is 11.3. The van der Waals surface area contributed by atoms with Gasteiger partial charge in [0.2, 0.25) is 0 Å². The van der Waals surface area contributed by atoms with E-state index in [1.165, 1.54) is 22.4 Å². The molecule has 0 saturated carbocycles. The molecule has 1 aromatic heterocycles. The molecule has 1 aliphatic rings. The van der Waals surface area contributed by atoms with Gasteiger partial charge in [-0.05, 0) is 55.5 Å². The summed E-state index contributed by atoms with van der Waals surface area (Å²) in [5, 5.41) is 3.66. The fourth-order valence-electron chi connectivity index (χ4n) is 2.90. The third-order valence-corrected chi connectivity index (χ3v) is 5.09. The Hall–Kier alpha value is -1.32. The Balaban J connectivity index is 1.66. The van der Waals surface area contributed by atoms with Gasteiger partial charge in [-0.25, -0.2) is 0 Å². The third-order valence-electron chi connectivity index (χ3n) is 3.96. The van der Waals surface area contributed by atoms with E-state index in [-0.39, 0.29) is 0 Å². The van der Waals surface area contributed by atoms with Crippen LogP contribution in [0.4, 0.5) is 0 Å². The Morgan fingerprint density at radius 2 is 2.10 bits per heavy atom. The van der Waals surface area contributed by atoms with Crippen LogP contribution in [0.1, 0.15) is 33.3 Å². The average molecular weight is 287 g/mol. The second-order valence-corrected chi connectivity index (χ2v) is 6.72. The Bertz CT molecular complexity index is 573. The molecule has 0 fully saturated rings. The number of benzene rings is 1. The minimum atomic E-state index is 0.519. The highest BCUT2D eigenvalue weighted by atomic mass is 32.1. The van der Waals surface area contributed by atoms with Crippen molar-refractivity contribution in [2.24, 2.45) is 0 Å². The fraction of sp³-hybridized carbons (Fsp3) is 0.412. The molecular formula is C17H21NOS. The van der Waals surface area contributed by atoms with Crippen LogP contribution in [-0.2, 0) is 12.8 Å². The number of aryl methyl sites for hydroxylation is 2. The molecule has 2 aromatic rings. The quantitative estimate of drug-likeness (QED) is 0.921. The van der Waals surface area contributed by atoms with Gasteiger partial charge in [0, 0.05) is 22.3 Å². The minimum absolute atomic E-state index is 0.519. The van der Waals surface area contributed by atoms with Crippen LogP contribution in [0.3, 0.4) is 0 Å². The molecule has 20 heavy (non-hydrogen) atoms. The van der Waals surface area contributed by atoms with Crippen molar-refractivity contribution >= 4 is 11.3 Å². The summed E-state index contributed by atoms with van der Waals surface area (Å²) < 4.78 is 5.20. The van der Waals surface area contributed by atoms with Crippen LogP contribution in [0, 0.1) is 6.92 Å². The van der Waals surface area contributed by atoms with Crippen molar-refractivity contribution in [1.29, 1.82) is 0 Å². The smallest absolute Gasteiger partial charge is 0.118 e. The number of fused-ring (bicyclic) bond motifs is 1. The van der Waals surface area contributed by atoms with Crippen molar-refractivity contribution in [3.05, 3.63) is 51.2 Å². The molecule has 3 rings (SSSR count). The van der Waals surface area contributed by atoms with E-state index in [4.69, 9.17) is 4.74 Å². The zero-order chi connectivity index (χ0) is 13.9. The molecule has 1 unspecified atom stereocenters. The number of ether oxygens (including phenoxy) is 1. The Morgan fingerprint density at radius 1 is 1.30 bits per heavy atom. The standard InChI is InChI=1S/C17H21NOS/c1-12-11-15-16(18-10-9-17(15)20-12)8-5-13-3-6-14(19-2)7-4-13/h3-4,6-7,11,16,18H,5,8-10H2,1-2H3. The van der Waals surface area contributed by atoms with Crippen LogP contribution in [0.2, 0.25) is 0 Å². The van der Waals surface area contributed by atoms with E-state index in [0.29, 0.717) is 6.04 Å². The number of rotatable bonds is 4. The van der Waals surface area contributed by atoms with Gasteiger partial charge >= 0.3 is 0 Å². The number of hydrogen-bond acceptors (Lipinski definition) is 3. The zero-order valence-corrected chi connectivity index (χ0v) is 12.9. The van der Waals surface area contributed by atoms with Gasteiger partial charge in [-0.3, -0.25) is 0 Å².